The van der Waals surface area contributed by atoms with E-state index in [0.29, 0.717) is 27.9 Å². The zero-order valence-electron chi connectivity index (χ0n) is 17.7. The van der Waals surface area contributed by atoms with E-state index in [0.717, 1.165) is 16.9 Å². The van der Waals surface area contributed by atoms with Crippen LogP contribution in [0.1, 0.15) is 41.3 Å². The standard InChI is InChI=1S/C25H25ClN2O3/c1-16(2)20-13-8-17(3)14-23(20)31-15-24(29)27-18-9-11-19(12-10-18)28-25(30)21-6-4-5-7-22(21)26/h4-14,16H,15H2,1-3H3,(H,27,29)(H,28,30). The third kappa shape index (κ3) is 6.09. The molecule has 0 radical (unpaired) electrons. The number of anilines is 2. The Morgan fingerprint density at radius 3 is 2.23 bits per heavy atom. The molecule has 0 aromatic heterocycles. The zero-order valence-corrected chi connectivity index (χ0v) is 18.5. The van der Waals surface area contributed by atoms with E-state index in [9.17, 15) is 9.59 Å². The molecule has 0 heterocycles. The van der Waals surface area contributed by atoms with Crippen LogP contribution < -0.4 is 15.4 Å². The lowest BCUT2D eigenvalue weighted by molar-refractivity contribution is -0.118. The monoisotopic (exact) mass is 436 g/mol. The van der Waals surface area contributed by atoms with Gasteiger partial charge in [-0.2, -0.15) is 0 Å². The van der Waals surface area contributed by atoms with Gasteiger partial charge in [-0.1, -0.05) is 49.7 Å². The fourth-order valence-electron chi connectivity index (χ4n) is 3.06. The number of hydrogen-bond acceptors (Lipinski definition) is 3. The fourth-order valence-corrected chi connectivity index (χ4v) is 3.29. The molecular weight excluding hydrogens is 412 g/mol. The molecule has 0 atom stereocenters. The van der Waals surface area contributed by atoms with E-state index in [1.165, 1.54) is 0 Å². The molecule has 0 aliphatic rings. The van der Waals surface area contributed by atoms with Crippen LogP contribution >= 0.6 is 11.6 Å². The lowest BCUT2D eigenvalue weighted by Crippen LogP contribution is -2.20. The van der Waals surface area contributed by atoms with Gasteiger partial charge in [0.1, 0.15) is 5.75 Å². The first kappa shape index (κ1) is 22.4. The Hall–Kier alpha value is -3.31. The lowest BCUT2D eigenvalue weighted by atomic mass is 10.0. The molecule has 160 valence electrons. The van der Waals surface area contributed by atoms with Gasteiger partial charge in [-0.05, 0) is 66.4 Å². The molecule has 2 amide bonds. The lowest BCUT2D eigenvalue weighted by Gasteiger charge is -2.15. The van der Waals surface area contributed by atoms with Crippen molar-refractivity contribution in [2.24, 2.45) is 0 Å². The predicted octanol–water partition coefficient (Wildman–Crippen LogP) is 6.04. The van der Waals surface area contributed by atoms with E-state index in [4.69, 9.17) is 16.3 Å². The molecule has 0 saturated carbocycles. The zero-order chi connectivity index (χ0) is 22.4. The molecule has 0 aliphatic heterocycles. The molecule has 0 unspecified atom stereocenters. The summed E-state index contributed by atoms with van der Waals surface area (Å²) in [6.45, 7) is 6.07. The number of carbonyl (C=O) groups is 2. The highest BCUT2D eigenvalue weighted by molar-refractivity contribution is 6.34. The van der Waals surface area contributed by atoms with Crippen molar-refractivity contribution in [1.29, 1.82) is 0 Å². The Bertz CT molecular complexity index is 1080. The number of benzene rings is 3. The van der Waals surface area contributed by atoms with Crippen molar-refractivity contribution in [1.82, 2.24) is 0 Å². The molecule has 0 bridgehead atoms. The molecule has 3 aromatic carbocycles. The van der Waals surface area contributed by atoms with Gasteiger partial charge < -0.3 is 15.4 Å². The summed E-state index contributed by atoms with van der Waals surface area (Å²) in [7, 11) is 0. The number of rotatable bonds is 7. The SMILES string of the molecule is Cc1ccc(C(C)C)c(OCC(=O)Nc2ccc(NC(=O)c3ccccc3Cl)cc2)c1. The number of carbonyl (C=O) groups excluding carboxylic acids is 2. The number of hydrogen-bond donors (Lipinski definition) is 2. The summed E-state index contributed by atoms with van der Waals surface area (Å²) < 4.78 is 5.77. The van der Waals surface area contributed by atoms with Crippen molar-refractivity contribution in [3.05, 3.63) is 88.4 Å². The molecule has 6 heteroatoms. The van der Waals surface area contributed by atoms with Gasteiger partial charge in [0.15, 0.2) is 6.61 Å². The van der Waals surface area contributed by atoms with E-state index in [2.05, 4.69) is 24.5 Å². The van der Waals surface area contributed by atoms with Crippen molar-refractivity contribution in [2.45, 2.75) is 26.7 Å². The van der Waals surface area contributed by atoms with Crippen LogP contribution in [0.5, 0.6) is 5.75 Å². The first-order valence-electron chi connectivity index (χ1n) is 10.0. The van der Waals surface area contributed by atoms with Gasteiger partial charge in [0.05, 0.1) is 10.6 Å². The van der Waals surface area contributed by atoms with Crippen LogP contribution in [-0.4, -0.2) is 18.4 Å². The molecule has 5 nitrogen and oxygen atoms in total. The molecule has 3 aromatic rings. The van der Waals surface area contributed by atoms with Crippen molar-refractivity contribution in [2.75, 3.05) is 17.2 Å². The maximum Gasteiger partial charge on any atom is 0.262 e. The van der Waals surface area contributed by atoms with Crippen LogP contribution in [0.25, 0.3) is 0 Å². The highest BCUT2D eigenvalue weighted by atomic mass is 35.5. The van der Waals surface area contributed by atoms with Crippen molar-refractivity contribution in [3.8, 4) is 5.75 Å². The van der Waals surface area contributed by atoms with Gasteiger partial charge in [-0.15, -0.1) is 0 Å². The number of aryl methyl sites for hydroxylation is 1. The second-order valence-electron chi connectivity index (χ2n) is 7.54. The fraction of sp³-hybridized carbons (Fsp3) is 0.200. The first-order chi connectivity index (χ1) is 14.8. The summed E-state index contributed by atoms with van der Waals surface area (Å²) in [5, 5.41) is 5.97. The van der Waals surface area contributed by atoms with E-state index in [1.54, 1.807) is 48.5 Å². The summed E-state index contributed by atoms with van der Waals surface area (Å²) in [5.41, 5.74) is 3.75. The highest BCUT2D eigenvalue weighted by Gasteiger charge is 2.12. The van der Waals surface area contributed by atoms with Gasteiger partial charge >= 0.3 is 0 Å². The molecule has 0 fully saturated rings. The van der Waals surface area contributed by atoms with Crippen molar-refractivity contribution >= 4 is 34.8 Å². The summed E-state index contributed by atoms with van der Waals surface area (Å²) in [6.07, 6.45) is 0. The Morgan fingerprint density at radius 2 is 1.58 bits per heavy atom. The predicted molar refractivity (Wildman–Crippen MR) is 125 cm³/mol. The molecule has 0 spiro atoms. The summed E-state index contributed by atoms with van der Waals surface area (Å²) in [6, 6.07) is 19.7. The Morgan fingerprint density at radius 1 is 0.935 bits per heavy atom. The van der Waals surface area contributed by atoms with Crippen LogP contribution in [0.15, 0.2) is 66.7 Å². The van der Waals surface area contributed by atoms with Crippen LogP contribution in [0.3, 0.4) is 0 Å². The Balaban J connectivity index is 1.56. The molecular formula is C25H25ClN2O3. The number of amides is 2. The largest absolute Gasteiger partial charge is 0.483 e. The van der Waals surface area contributed by atoms with Crippen molar-refractivity contribution < 1.29 is 14.3 Å². The van der Waals surface area contributed by atoms with E-state index in [1.807, 2.05) is 25.1 Å². The summed E-state index contributed by atoms with van der Waals surface area (Å²) in [5.74, 6) is 0.467. The topological polar surface area (TPSA) is 67.4 Å². The highest BCUT2D eigenvalue weighted by Crippen LogP contribution is 2.27. The number of ether oxygens (including phenoxy) is 1. The second kappa shape index (κ2) is 10.1. The van der Waals surface area contributed by atoms with Gasteiger partial charge in [0, 0.05) is 11.4 Å². The Kier molecular flexibility index (Phi) is 7.32. The van der Waals surface area contributed by atoms with Crippen LogP contribution in [0.4, 0.5) is 11.4 Å². The molecule has 0 saturated heterocycles. The number of nitrogens with one attached hydrogen (secondary N) is 2. The van der Waals surface area contributed by atoms with Gasteiger partial charge in [-0.25, -0.2) is 0 Å². The van der Waals surface area contributed by atoms with Crippen LogP contribution in [0, 0.1) is 6.92 Å². The van der Waals surface area contributed by atoms with Crippen LogP contribution in [0.2, 0.25) is 5.02 Å². The van der Waals surface area contributed by atoms with Gasteiger partial charge in [-0.3, -0.25) is 9.59 Å². The average molecular weight is 437 g/mol. The Labute approximate surface area is 187 Å². The third-order valence-corrected chi connectivity index (χ3v) is 5.02. The normalized spacial score (nSPS) is 10.6. The van der Waals surface area contributed by atoms with E-state index in [-0.39, 0.29) is 18.4 Å². The first-order valence-corrected chi connectivity index (χ1v) is 10.4. The minimum absolute atomic E-state index is 0.0891. The minimum atomic E-state index is -0.296. The van der Waals surface area contributed by atoms with Gasteiger partial charge in [0.25, 0.3) is 11.8 Å². The summed E-state index contributed by atoms with van der Waals surface area (Å²) >= 11 is 6.06. The van der Waals surface area contributed by atoms with Crippen molar-refractivity contribution in [3.63, 3.8) is 0 Å². The average Bonchev–Trinajstić information content (AvgIpc) is 2.73. The maximum absolute atomic E-state index is 12.3. The quantitative estimate of drug-likeness (QED) is 0.474. The molecule has 0 aliphatic carbocycles. The summed E-state index contributed by atoms with van der Waals surface area (Å²) in [4.78, 5) is 24.7. The van der Waals surface area contributed by atoms with Gasteiger partial charge in [0.2, 0.25) is 0 Å². The third-order valence-electron chi connectivity index (χ3n) is 4.69. The number of halogens is 1. The van der Waals surface area contributed by atoms with E-state index < -0.39 is 0 Å². The maximum atomic E-state index is 12.3. The second-order valence-corrected chi connectivity index (χ2v) is 7.95. The van der Waals surface area contributed by atoms with Crippen LogP contribution in [-0.2, 0) is 4.79 Å². The molecule has 2 N–H and O–H groups in total. The molecule has 31 heavy (non-hydrogen) atoms. The molecule has 3 rings (SSSR count). The smallest absolute Gasteiger partial charge is 0.262 e. The minimum Gasteiger partial charge on any atom is -0.483 e. The van der Waals surface area contributed by atoms with E-state index >= 15 is 0 Å².